The summed E-state index contributed by atoms with van der Waals surface area (Å²) in [5, 5.41) is -0.0992. The highest BCUT2D eigenvalue weighted by Crippen LogP contribution is 2.57. The summed E-state index contributed by atoms with van der Waals surface area (Å²) in [7, 11) is 1.46. The molecule has 1 nitrogen and oxygen atoms in total. The number of hydrogen-bond acceptors (Lipinski definition) is 1. The van der Waals surface area contributed by atoms with Crippen LogP contribution in [0.25, 0.3) is 0 Å². The topological polar surface area (TPSA) is 9.23 Å². The van der Waals surface area contributed by atoms with Crippen molar-refractivity contribution in [1.82, 2.24) is 0 Å². The first-order valence-electron chi connectivity index (χ1n) is 5.04. The van der Waals surface area contributed by atoms with Crippen molar-refractivity contribution in [2.24, 2.45) is 5.41 Å². The van der Waals surface area contributed by atoms with Crippen molar-refractivity contribution >= 4 is 11.6 Å². The Kier molecular flexibility index (Phi) is 2.63. The molecule has 0 aliphatic heterocycles. The zero-order valence-electron chi connectivity index (χ0n) is 8.89. The minimum atomic E-state index is -0.343. The summed E-state index contributed by atoms with van der Waals surface area (Å²) < 4.78 is 18.3. The molecule has 15 heavy (non-hydrogen) atoms. The van der Waals surface area contributed by atoms with E-state index in [0.29, 0.717) is 0 Å². The molecule has 1 aliphatic rings. The molecule has 0 spiro atoms. The molecule has 1 aliphatic carbocycles. The minimum Gasteiger partial charge on any atom is -0.494 e. The van der Waals surface area contributed by atoms with Crippen molar-refractivity contribution in [2.45, 2.75) is 25.1 Å². The number of rotatable bonds is 3. The van der Waals surface area contributed by atoms with Gasteiger partial charge in [0.05, 0.1) is 12.5 Å². The van der Waals surface area contributed by atoms with Crippen LogP contribution in [0.2, 0.25) is 0 Å². The van der Waals surface area contributed by atoms with Gasteiger partial charge in [-0.1, -0.05) is 13.0 Å². The SMILES string of the molecule is COc1ccc(C(Cl)C2(C)CC2)cc1F. The number of halogens is 2. The first kappa shape index (κ1) is 10.7. The fourth-order valence-electron chi connectivity index (χ4n) is 1.69. The Hall–Kier alpha value is -0.760. The molecule has 0 saturated heterocycles. The summed E-state index contributed by atoms with van der Waals surface area (Å²) in [4.78, 5) is 0. The van der Waals surface area contributed by atoms with Crippen molar-refractivity contribution in [1.29, 1.82) is 0 Å². The van der Waals surface area contributed by atoms with Gasteiger partial charge in [-0.05, 0) is 36.0 Å². The van der Waals surface area contributed by atoms with Crippen LogP contribution in [-0.4, -0.2) is 7.11 Å². The fraction of sp³-hybridized carbons (Fsp3) is 0.500. The Bertz CT molecular complexity index is 374. The zero-order chi connectivity index (χ0) is 11.1. The second-order valence-corrected chi connectivity index (χ2v) is 4.85. The standard InChI is InChI=1S/C12H14ClFO/c1-12(5-6-12)11(13)8-3-4-10(15-2)9(14)7-8/h3-4,7,11H,5-6H2,1-2H3. The van der Waals surface area contributed by atoms with E-state index >= 15 is 0 Å². The lowest BCUT2D eigenvalue weighted by Crippen LogP contribution is -2.04. The Morgan fingerprint density at radius 1 is 1.47 bits per heavy atom. The summed E-state index contributed by atoms with van der Waals surface area (Å²) in [5.74, 6) is -0.0755. The Labute approximate surface area is 94.2 Å². The van der Waals surface area contributed by atoms with Gasteiger partial charge in [-0.2, -0.15) is 0 Å². The fourth-order valence-corrected chi connectivity index (χ4v) is 2.05. The van der Waals surface area contributed by atoms with Crippen LogP contribution in [0.4, 0.5) is 4.39 Å². The van der Waals surface area contributed by atoms with Crippen LogP contribution in [-0.2, 0) is 0 Å². The summed E-state index contributed by atoms with van der Waals surface area (Å²) >= 11 is 6.30. The van der Waals surface area contributed by atoms with Crippen LogP contribution in [0.15, 0.2) is 18.2 Å². The molecule has 0 bridgehead atoms. The van der Waals surface area contributed by atoms with Crippen molar-refractivity contribution < 1.29 is 9.13 Å². The van der Waals surface area contributed by atoms with Crippen LogP contribution >= 0.6 is 11.6 Å². The molecule has 0 amide bonds. The quantitative estimate of drug-likeness (QED) is 0.713. The van der Waals surface area contributed by atoms with Crippen LogP contribution in [0.3, 0.4) is 0 Å². The molecule has 2 rings (SSSR count). The molecule has 1 aromatic carbocycles. The summed E-state index contributed by atoms with van der Waals surface area (Å²) in [5.41, 5.74) is 0.998. The molecule has 0 N–H and O–H groups in total. The first-order chi connectivity index (χ1) is 7.07. The van der Waals surface area contributed by atoms with Crippen molar-refractivity contribution in [3.05, 3.63) is 29.6 Å². The lowest BCUT2D eigenvalue weighted by Gasteiger charge is -2.17. The highest BCUT2D eigenvalue weighted by atomic mass is 35.5. The minimum absolute atomic E-state index is 0.0992. The van der Waals surface area contributed by atoms with Crippen molar-refractivity contribution in [2.75, 3.05) is 7.11 Å². The number of ether oxygens (including phenoxy) is 1. The van der Waals surface area contributed by atoms with Crippen molar-refractivity contribution in [3.8, 4) is 5.75 Å². The molecule has 1 saturated carbocycles. The van der Waals surface area contributed by atoms with Crippen LogP contribution in [0.1, 0.15) is 30.7 Å². The van der Waals surface area contributed by atoms with E-state index in [-0.39, 0.29) is 22.4 Å². The molecule has 3 heteroatoms. The third-order valence-electron chi connectivity index (χ3n) is 3.12. The predicted octanol–water partition coefficient (Wildman–Crippen LogP) is 3.91. The normalized spacial score (nSPS) is 19.7. The number of benzene rings is 1. The number of methoxy groups -OCH3 is 1. The lowest BCUT2D eigenvalue weighted by atomic mass is 9.98. The zero-order valence-corrected chi connectivity index (χ0v) is 9.64. The third kappa shape index (κ3) is 1.96. The second kappa shape index (κ2) is 3.67. The van der Waals surface area contributed by atoms with E-state index < -0.39 is 0 Å². The highest BCUT2D eigenvalue weighted by molar-refractivity contribution is 6.21. The molecule has 1 fully saturated rings. The molecule has 1 unspecified atom stereocenters. The molecular formula is C12H14ClFO. The molecular weight excluding hydrogens is 215 g/mol. The molecule has 0 heterocycles. The van der Waals surface area contributed by atoms with E-state index in [1.54, 1.807) is 6.07 Å². The maximum atomic E-state index is 13.4. The molecule has 0 aromatic heterocycles. The maximum absolute atomic E-state index is 13.4. The van der Waals surface area contributed by atoms with Gasteiger partial charge in [-0.3, -0.25) is 0 Å². The van der Waals surface area contributed by atoms with E-state index in [0.717, 1.165) is 18.4 Å². The van der Waals surface area contributed by atoms with E-state index in [2.05, 4.69) is 6.92 Å². The predicted molar refractivity (Wildman–Crippen MR) is 58.9 cm³/mol. The molecule has 0 radical (unpaired) electrons. The average molecular weight is 229 g/mol. The van der Waals surface area contributed by atoms with Gasteiger partial charge >= 0.3 is 0 Å². The largest absolute Gasteiger partial charge is 0.494 e. The summed E-state index contributed by atoms with van der Waals surface area (Å²) in [6.07, 6.45) is 2.24. The first-order valence-corrected chi connectivity index (χ1v) is 5.48. The Morgan fingerprint density at radius 2 is 2.13 bits per heavy atom. The molecule has 82 valence electrons. The van der Waals surface area contributed by atoms with E-state index in [4.69, 9.17) is 16.3 Å². The van der Waals surface area contributed by atoms with Gasteiger partial charge in [-0.15, -0.1) is 11.6 Å². The third-order valence-corrected chi connectivity index (χ3v) is 3.90. The summed E-state index contributed by atoms with van der Waals surface area (Å²) in [6, 6.07) is 4.94. The van der Waals surface area contributed by atoms with Crippen LogP contribution in [0.5, 0.6) is 5.75 Å². The smallest absolute Gasteiger partial charge is 0.165 e. The van der Waals surface area contributed by atoms with Gasteiger partial charge < -0.3 is 4.74 Å². The average Bonchev–Trinajstić information content (AvgIpc) is 2.96. The molecule has 1 atom stereocenters. The van der Waals surface area contributed by atoms with Gasteiger partial charge in [0.1, 0.15) is 0 Å². The summed E-state index contributed by atoms with van der Waals surface area (Å²) in [6.45, 7) is 2.13. The van der Waals surface area contributed by atoms with Crippen LogP contribution < -0.4 is 4.74 Å². The number of hydrogen-bond donors (Lipinski definition) is 0. The Balaban J connectivity index is 2.26. The van der Waals surface area contributed by atoms with Crippen LogP contribution in [0, 0.1) is 11.2 Å². The highest BCUT2D eigenvalue weighted by Gasteiger charge is 2.44. The maximum Gasteiger partial charge on any atom is 0.165 e. The van der Waals surface area contributed by atoms with E-state index in [1.807, 2.05) is 6.07 Å². The lowest BCUT2D eigenvalue weighted by molar-refractivity contribution is 0.385. The molecule has 1 aromatic rings. The van der Waals surface area contributed by atoms with Gasteiger partial charge in [0.2, 0.25) is 0 Å². The van der Waals surface area contributed by atoms with E-state index in [1.165, 1.54) is 13.2 Å². The van der Waals surface area contributed by atoms with Gasteiger partial charge in [0.15, 0.2) is 11.6 Å². The monoisotopic (exact) mass is 228 g/mol. The Morgan fingerprint density at radius 3 is 2.60 bits per heavy atom. The van der Waals surface area contributed by atoms with Gasteiger partial charge in [0.25, 0.3) is 0 Å². The van der Waals surface area contributed by atoms with E-state index in [9.17, 15) is 4.39 Å². The van der Waals surface area contributed by atoms with Crippen molar-refractivity contribution in [3.63, 3.8) is 0 Å². The van der Waals surface area contributed by atoms with Gasteiger partial charge in [-0.25, -0.2) is 4.39 Å². The van der Waals surface area contributed by atoms with Gasteiger partial charge in [0, 0.05) is 0 Å². The second-order valence-electron chi connectivity index (χ2n) is 4.41. The number of alkyl halides is 1.